The zero-order chi connectivity index (χ0) is 14.8. The van der Waals surface area contributed by atoms with Crippen molar-refractivity contribution in [1.29, 1.82) is 0 Å². The van der Waals surface area contributed by atoms with Gasteiger partial charge in [0.05, 0.1) is 11.6 Å². The van der Waals surface area contributed by atoms with Crippen LogP contribution < -0.4 is 5.73 Å². The van der Waals surface area contributed by atoms with Crippen molar-refractivity contribution in [3.05, 3.63) is 48.0 Å². The number of nitrogens with two attached hydrogens (primary N) is 1. The topological polar surface area (TPSA) is 63.9 Å². The highest BCUT2D eigenvalue weighted by atomic mass is 16.5. The second kappa shape index (κ2) is 5.58. The van der Waals surface area contributed by atoms with Crippen molar-refractivity contribution in [2.24, 2.45) is 0 Å². The summed E-state index contributed by atoms with van der Waals surface area (Å²) in [5.74, 6) is 0.536. The van der Waals surface area contributed by atoms with E-state index < -0.39 is 0 Å². The van der Waals surface area contributed by atoms with Crippen molar-refractivity contribution in [2.45, 2.75) is 20.0 Å². The summed E-state index contributed by atoms with van der Waals surface area (Å²) in [7, 11) is 0. The van der Waals surface area contributed by atoms with Gasteiger partial charge in [-0.3, -0.25) is 5.10 Å². The van der Waals surface area contributed by atoms with Crippen molar-refractivity contribution in [1.82, 2.24) is 10.2 Å². The van der Waals surface area contributed by atoms with Crippen LogP contribution in [0, 0.1) is 0 Å². The van der Waals surface area contributed by atoms with Gasteiger partial charge in [0.2, 0.25) is 0 Å². The van der Waals surface area contributed by atoms with Crippen LogP contribution in [0.4, 0.5) is 5.82 Å². The molecule has 21 heavy (non-hydrogen) atoms. The summed E-state index contributed by atoms with van der Waals surface area (Å²) in [6.07, 6.45) is 0.121. The second-order valence-corrected chi connectivity index (χ2v) is 5.09. The number of aromatic nitrogens is 2. The Morgan fingerprint density at radius 3 is 2.57 bits per heavy atom. The van der Waals surface area contributed by atoms with Crippen LogP contribution in [-0.4, -0.2) is 16.8 Å². The quantitative estimate of drug-likeness (QED) is 0.762. The van der Waals surface area contributed by atoms with Crippen LogP contribution in [0.5, 0.6) is 0 Å². The molecule has 108 valence electrons. The summed E-state index contributed by atoms with van der Waals surface area (Å²) in [5, 5.41) is 7.90. The SMILES string of the molecule is CCOC(C)c1ccc(-c2ccc3[nH]nc(N)c3c2)cc1. The molecule has 0 amide bonds. The van der Waals surface area contributed by atoms with Crippen molar-refractivity contribution >= 4 is 16.7 Å². The summed E-state index contributed by atoms with van der Waals surface area (Å²) < 4.78 is 5.61. The molecule has 1 atom stereocenters. The Balaban J connectivity index is 1.93. The molecule has 4 nitrogen and oxygen atoms in total. The van der Waals surface area contributed by atoms with Crippen LogP contribution in [0.25, 0.3) is 22.0 Å². The first-order valence-electron chi connectivity index (χ1n) is 7.14. The van der Waals surface area contributed by atoms with Gasteiger partial charge in [0.15, 0.2) is 5.82 Å². The molecule has 2 aromatic carbocycles. The predicted octanol–water partition coefficient (Wildman–Crippen LogP) is 3.91. The van der Waals surface area contributed by atoms with Gasteiger partial charge in [-0.15, -0.1) is 0 Å². The minimum absolute atomic E-state index is 0.121. The Bertz CT molecular complexity index is 746. The molecule has 0 spiro atoms. The number of fused-ring (bicyclic) bond motifs is 1. The van der Waals surface area contributed by atoms with Crippen LogP contribution in [0.3, 0.4) is 0 Å². The minimum atomic E-state index is 0.121. The first kappa shape index (κ1) is 13.6. The molecule has 0 aliphatic rings. The molecule has 0 bridgehead atoms. The third-order valence-corrected chi connectivity index (χ3v) is 3.72. The van der Waals surface area contributed by atoms with Crippen molar-refractivity contribution < 1.29 is 4.74 Å². The molecule has 4 heteroatoms. The second-order valence-electron chi connectivity index (χ2n) is 5.09. The normalized spacial score (nSPS) is 12.7. The fraction of sp³-hybridized carbons (Fsp3) is 0.235. The van der Waals surface area contributed by atoms with E-state index in [1.165, 1.54) is 5.56 Å². The molecule has 0 saturated carbocycles. The highest BCUT2D eigenvalue weighted by Crippen LogP contribution is 2.27. The molecular weight excluding hydrogens is 262 g/mol. The number of ether oxygens (including phenoxy) is 1. The maximum Gasteiger partial charge on any atom is 0.153 e. The monoisotopic (exact) mass is 281 g/mol. The van der Waals surface area contributed by atoms with Gasteiger partial charge in [0, 0.05) is 12.0 Å². The van der Waals surface area contributed by atoms with Gasteiger partial charge in [-0.05, 0) is 42.7 Å². The van der Waals surface area contributed by atoms with Gasteiger partial charge in [0.1, 0.15) is 0 Å². The van der Waals surface area contributed by atoms with Crippen LogP contribution in [0.2, 0.25) is 0 Å². The summed E-state index contributed by atoms with van der Waals surface area (Å²) in [6.45, 7) is 4.80. The van der Waals surface area contributed by atoms with Gasteiger partial charge in [-0.25, -0.2) is 0 Å². The molecule has 3 aromatic rings. The largest absolute Gasteiger partial charge is 0.382 e. The zero-order valence-corrected chi connectivity index (χ0v) is 12.3. The van der Waals surface area contributed by atoms with Gasteiger partial charge in [-0.1, -0.05) is 30.3 Å². The fourth-order valence-corrected chi connectivity index (χ4v) is 2.51. The maximum atomic E-state index is 5.86. The maximum absolute atomic E-state index is 5.86. The summed E-state index contributed by atoms with van der Waals surface area (Å²) >= 11 is 0. The van der Waals surface area contributed by atoms with Crippen molar-refractivity contribution in [3.63, 3.8) is 0 Å². The molecule has 0 saturated heterocycles. The molecule has 1 heterocycles. The molecule has 3 N–H and O–H groups in total. The third kappa shape index (κ3) is 2.62. The van der Waals surface area contributed by atoms with Crippen LogP contribution in [0.15, 0.2) is 42.5 Å². The van der Waals surface area contributed by atoms with Crippen molar-refractivity contribution in [3.8, 4) is 11.1 Å². The number of hydrogen-bond donors (Lipinski definition) is 2. The fourth-order valence-electron chi connectivity index (χ4n) is 2.51. The van der Waals surface area contributed by atoms with Gasteiger partial charge in [0.25, 0.3) is 0 Å². The highest BCUT2D eigenvalue weighted by molar-refractivity contribution is 5.92. The molecule has 3 rings (SSSR count). The summed E-state index contributed by atoms with van der Waals surface area (Å²) in [6, 6.07) is 14.6. The average molecular weight is 281 g/mol. The van der Waals surface area contributed by atoms with E-state index in [4.69, 9.17) is 10.5 Å². The molecule has 0 radical (unpaired) electrons. The van der Waals surface area contributed by atoms with Gasteiger partial charge < -0.3 is 10.5 Å². The average Bonchev–Trinajstić information content (AvgIpc) is 2.89. The van der Waals surface area contributed by atoms with E-state index in [9.17, 15) is 0 Å². The third-order valence-electron chi connectivity index (χ3n) is 3.72. The standard InChI is InChI=1S/C17H19N3O/c1-3-21-11(2)12-4-6-13(7-5-12)14-8-9-16-15(10-14)17(18)20-19-16/h4-11H,3H2,1-2H3,(H3,18,19,20). The lowest BCUT2D eigenvalue weighted by Gasteiger charge is -2.12. The zero-order valence-electron chi connectivity index (χ0n) is 12.3. The van der Waals surface area contributed by atoms with E-state index in [0.717, 1.165) is 28.6 Å². The molecule has 1 aromatic heterocycles. The van der Waals surface area contributed by atoms with Gasteiger partial charge in [-0.2, -0.15) is 5.10 Å². The smallest absolute Gasteiger partial charge is 0.153 e. The molecule has 0 aliphatic heterocycles. The first-order valence-corrected chi connectivity index (χ1v) is 7.14. The lowest BCUT2D eigenvalue weighted by molar-refractivity contribution is 0.0764. The van der Waals surface area contributed by atoms with Crippen LogP contribution >= 0.6 is 0 Å². The Labute approximate surface area is 123 Å². The number of hydrogen-bond acceptors (Lipinski definition) is 3. The lowest BCUT2D eigenvalue weighted by Crippen LogP contribution is -1.98. The number of rotatable bonds is 4. The number of H-pyrrole nitrogens is 1. The number of nitrogens with zero attached hydrogens (tertiary/aromatic N) is 1. The first-order chi connectivity index (χ1) is 10.2. The van der Waals surface area contributed by atoms with Crippen LogP contribution in [-0.2, 0) is 4.74 Å². The lowest BCUT2D eigenvalue weighted by atomic mass is 10.0. The van der Waals surface area contributed by atoms with Crippen LogP contribution in [0.1, 0.15) is 25.5 Å². The minimum Gasteiger partial charge on any atom is -0.382 e. The van der Waals surface area contributed by atoms with E-state index in [1.807, 2.05) is 13.0 Å². The highest BCUT2D eigenvalue weighted by Gasteiger charge is 2.07. The number of anilines is 1. The summed E-state index contributed by atoms with van der Waals surface area (Å²) in [5.41, 5.74) is 10.3. The molecule has 1 unspecified atom stereocenters. The Hall–Kier alpha value is -2.33. The molecule has 0 aliphatic carbocycles. The number of nitrogens with one attached hydrogen (secondary N) is 1. The van der Waals surface area contributed by atoms with E-state index in [2.05, 4.69) is 53.5 Å². The van der Waals surface area contributed by atoms with Gasteiger partial charge >= 0.3 is 0 Å². The van der Waals surface area contributed by atoms with E-state index >= 15 is 0 Å². The summed E-state index contributed by atoms with van der Waals surface area (Å²) in [4.78, 5) is 0. The van der Waals surface area contributed by atoms with Crippen molar-refractivity contribution in [2.75, 3.05) is 12.3 Å². The Kier molecular flexibility index (Phi) is 3.62. The van der Waals surface area contributed by atoms with E-state index in [0.29, 0.717) is 5.82 Å². The Morgan fingerprint density at radius 2 is 1.86 bits per heavy atom. The molecule has 0 fully saturated rings. The number of nitrogen functional groups attached to an aromatic ring is 1. The van der Waals surface area contributed by atoms with E-state index in [1.54, 1.807) is 0 Å². The predicted molar refractivity (Wildman–Crippen MR) is 86.0 cm³/mol. The molecular formula is C17H19N3O. The van der Waals surface area contributed by atoms with E-state index in [-0.39, 0.29) is 6.10 Å². The number of aromatic amines is 1. The number of benzene rings is 2. The Morgan fingerprint density at radius 1 is 1.14 bits per heavy atom.